The Morgan fingerprint density at radius 3 is 2.29 bits per heavy atom. The molecule has 206 valence electrons. The predicted octanol–water partition coefficient (Wildman–Crippen LogP) is 5.35. The number of pyridine rings is 1. The van der Waals surface area contributed by atoms with E-state index < -0.39 is 54.0 Å². The van der Waals surface area contributed by atoms with Gasteiger partial charge in [-0.3, -0.25) is 25.8 Å². The molecular weight excluding hydrogens is 573 g/mol. The fourth-order valence-corrected chi connectivity index (χ4v) is 3.37. The van der Waals surface area contributed by atoms with Gasteiger partial charge in [0.1, 0.15) is 10.2 Å². The Kier molecular flexibility index (Phi) is 10.0. The van der Waals surface area contributed by atoms with Crippen molar-refractivity contribution in [1.29, 1.82) is 0 Å². The van der Waals surface area contributed by atoms with Gasteiger partial charge in [0, 0.05) is 6.42 Å². The first-order chi connectivity index (χ1) is 17.6. The number of benzene rings is 1. The molecule has 1 atom stereocenters. The number of carbonyl (C=O) groups is 3. The van der Waals surface area contributed by atoms with E-state index in [1.807, 2.05) is 5.43 Å². The average molecular weight is 601 g/mol. The summed E-state index contributed by atoms with van der Waals surface area (Å²) >= 11 is 3.16. The molecule has 1 aromatic heterocycles. The summed E-state index contributed by atoms with van der Waals surface area (Å²) in [7, 11) is 0. The molecule has 0 bridgehead atoms. The summed E-state index contributed by atoms with van der Waals surface area (Å²) in [5, 5.41) is 2.38. The second-order valence-corrected chi connectivity index (χ2v) is 9.87. The Bertz CT molecular complexity index is 1190. The van der Waals surface area contributed by atoms with Gasteiger partial charge in [-0.05, 0) is 60.8 Å². The van der Waals surface area contributed by atoms with E-state index in [4.69, 9.17) is 9.47 Å². The lowest BCUT2D eigenvalue weighted by Gasteiger charge is -2.33. The molecule has 0 radical (unpaired) electrons. The van der Waals surface area contributed by atoms with Crippen LogP contribution in [0.3, 0.4) is 0 Å². The number of rotatable bonds is 8. The summed E-state index contributed by atoms with van der Waals surface area (Å²) in [6.45, 7) is 9.32. The van der Waals surface area contributed by atoms with Gasteiger partial charge in [-0.25, -0.2) is 9.78 Å². The number of aryl methyl sites for hydroxylation is 1. The molecule has 2 aromatic rings. The number of halogens is 4. The quantitative estimate of drug-likeness (QED) is 0.213. The van der Waals surface area contributed by atoms with Crippen molar-refractivity contribution in [3.8, 4) is 0 Å². The highest BCUT2D eigenvalue weighted by Gasteiger charge is 2.61. The Morgan fingerprint density at radius 2 is 1.74 bits per heavy atom. The minimum Gasteiger partial charge on any atom is -0.444 e. The first-order valence-electron chi connectivity index (χ1n) is 11.2. The maximum absolute atomic E-state index is 14.2. The van der Waals surface area contributed by atoms with E-state index in [9.17, 15) is 27.6 Å². The van der Waals surface area contributed by atoms with Crippen molar-refractivity contribution < 1.29 is 37.0 Å². The number of ether oxygens (including phenoxy) is 2. The van der Waals surface area contributed by atoms with Crippen LogP contribution >= 0.6 is 15.9 Å². The van der Waals surface area contributed by atoms with E-state index in [1.165, 1.54) is 18.2 Å². The van der Waals surface area contributed by atoms with Crippen molar-refractivity contribution in [1.82, 2.24) is 15.8 Å². The van der Waals surface area contributed by atoms with E-state index >= 15 is 0 Å². The third kappa shape index (κ3) is 8.02. The van der Waals surface area contributed by atoms with Gasteiger partial charge >= 0.3 is 12.3 Å². The lowest BCUT2D eigenvalue weighted by Crippen LogP contribution is -2.61. The number of anilines is 1. The first-order valence-corrected chi connectivity index (χ1v) is 12.0. The summed E-state index contributed by atoms with van der Waals surface area (Å²) in [5.74, 6) is -2.79. The number of carbonyl (C=O) groups excluding carboxylic acids is 3. The third-order valence-corrected chi connectivity index (χ3v) is 5.68. The zero-order chi connectivity index (χ0) is 28.7. The molecule has 0 saturated carbocycles. The molecule has 3 amide bonds. The Hall–Kier alpha value is -3.45. The normalized spacial score (nSPS) is 13.2. The van der Waals surface area contributed by atoms with Crippen molar-refractivity contribution in [3.05, 3.63) is 70.5 Å². The molecule has 0 spiro atoms. The molecule has 3 N–H and O–H groups in total. The van der Waals surface area contributed by atoms with E-state index in [2.05, 4.69) is 32.8 Å². The number of nitrogens with zero attached hydrogens (tertiary/aromatic N) is 1. The van der Waals surface area contributed by atoms with Gasteiger partial charge in [0.25, 0.3) is 11.8 Å². The van der Waals surface area contributed by atoms with Crippen molar-refractivity contribution >= 4 is 39.5 Å². The van der Waals surface area contributed by atoms with Gasteiger partial charge < -0.3 is 9.47 Å². The van der Waals surface area contributed by atoms with Gasteiger partial charge in [0.2, 0.25) is 5.60 Å². The third-order valence-electron chi connectivity index (χ3n) is 4.88. The van der Waals surface area contributed by atoms with E-state index in [0.717, 1.165) is 6.08 Å². The molecule has 0 aliphatic heterocycles. The van der Waals surface area contributed by atoms with Gasteiger partial charge in [0.15, 0.2) is 5.69 Å². The minimum absolute atomic E-state index is 0.0970. The zero-order valence-corrected chi connectivity index (χ0v) is 22.7. The summed E-state index contributed by atoms with van der Waals surface area (Å²) in [6, 6.07) is 9.37. The summed E-state index contributed by atoms with van der Waals surface area (Å²) in [6.07, 6.45) is -6.10. The van der Waals surface area contributed by atoms with Crippen molar-refractivity contribution in [2.45, 2.75) is 58.1 Å². The van der Waals surface area contributed by atoms with Gasteiger partial charge in [-0.1, -0.05) is 36.4 Å². The second kappa shape index (κ2) is 12.4. The van der Waals surface area contributed by atoms with Crippen molar-refractivity contribution in [2.75, 3.05) is 5.32 Å². The highest BCUT2D eigenvalue weighted by atomic mass is 79.9. The number of hydrogen-bond donors (Lipinski definition) is 3. The zero-order valence-electron chi connectivity index (χ0n) is 21.2. The van der Waals surface area contributed by atoms with Crippen LogP contribution in [0.25, 0.3) is 0 Å². The van der Waals surface area contributed by atoms with Gasteiger partial charge in [-0.15, -0.1) is 6.58 Å². The predicted molar refractivity (Wildman–Crippen MR) is 137 cm³/mol. The smallest absolute Gasteiger partial charge is 0.427 e. The van der Waals surface area contributed by atoms with E-state index in [0.29, 0.717) is 11.1 Å². The Balaban J connectivity index is 2.29. The topological polar surface area (TPSA) is 119 Å². The molecule has 0 aliphatic carbocycles. The molecule has 38 heavy (non-hydrogen) atoms. The van der Waals surface area contributed by atoms with Crippen LogP contribution < -0.4 is 16.2 Å². The molecular formula is C25H28BrF3N4O5. The number of alkyl halides is 3. The summed E-state index contributed by atoms with van der Waals surface area (Å²) in [5.41, 5.74) is -0.0763. The van der Waals surface area contributed by atoms with Crippen LogP contribution in [0.5, 0.6) is 0 Å². The number of hydrogen-bond acceptors (Lipinski definition) is 6. The maximum atomic E-state index is 14.2. The molecule has 13 heteroatoms. The minimum atomic E-state index is -5.17. The molecule has 2 rings (SSSR count). The van der Waals surface area contributed by atoms with Crippen LogP contribution in [0.2, 0.25) is 0 Å². The summed E-state index contributed by atoms with van der Waals surface area (Å²) < 4.78 is 53.1. The largest absolute Gasteiger partial charge is 0.444 e. The molecule has 0 unspecified atom stereocenters. The molecule has 0 fully saturated rings. The van der Waals surface area contributed by atoms with E-state index in [1.54, 1.807) is 51.3 Å². The fraction of sp³-hybridized carbons (Fsp3) is 0.360. The Labute approximate surface area is 226 Å². The number of hydrazine groups is 1. The highest BCUT2D eigenvalue weighted by Crippen LogP contribution is 2.38. The van der Waals surface area contributed by atoms with Crippen LogP contribution in [0.1, 0.15) is 48.8 Å². The second-order valence-electron chi connectivity index (χ2n) is 9.12. The van der Waals surface area contributed by atoms with Crippen LogP contribution in [0, 0.1) is 6.92 Å². The SMILES string of the molecule is C=CC[C@@](OCc1ccccc1)(C(=O)NNC(=O)c1nc(Br)c(C)cc1NC(=O)OC(C)(C)C)C(F)(F)F. The number of nitrogens with one attached hydrogen (secondary N) is 3. The Morgan fingerprint density at radius 1 is 1.11 bits per heavy atom. The first kappa shape index (κ1) is 30.8. The standard InChI is InChI=1S/C25H28BrF3N4O5/c1-6-12-24(25(27,28)29,37-14-16-10-8-7-9-11-16)21(35)33-32-20(34)18-17(13-15(2)19(26)31-18)30-22(36)38-23(3,4)5/h6-11,13H,1,12,14H2,2-5H3,(H,30,36)(H,32,34)(H,33,35)/t24-/m1/s1. The van der Waals surface area contributed by atoms with Crippen LogP contribution in [-0.2, 0) is 20.9 Å². The lowest BCUT2D eigenvalue weighted by molar-refractivity contribution is -0.270. The van der Waals surface area contributed by atoms with Gasteiger partial charge in [-0.2, -0.15) is 13.2 Å². The van der Waals surface area contributed by atoms with Gasteiger partial charge in [0.05, 0.1) is 12.3 Å². The molecule has 9 nitrogen and oxygen atoms in total. The molecule has 0 aliphatic rings. The van der Waals surface area contributed by atoms with Crippen molar-refractivity contribution in [3.63, 3.8) is 0 Å². The van der Waals surface area contributed by atoms with Crippen LogP contribution in [0.4, 0.5) is 23.7 Å². The lowest BCUT2D eigenvalue weighted by atomic mass is 9.97. The van der Waals surface area contributed by atoms with Crippen LogP contribution in [-0.4, -0.2) is 40.3 Å². The van der Waals surface area contributed by atoms with Crippen molar-refractivity contribution in [2.24, 2.45) is 0 Å². The molecule has 1 aromatic carbocycles. The monoisotopic (exact) mass is 600 g/mol. The van der Waals surface area contributed by atoms with E-state index in [-0.39, 0.29) is 10.3 Å². The molecule has 0 saturated heterocycles. The highest BCUT2D eigenvalue weighted by molar-refractivity contribution is 9.10. The number of amides is 3. The number of aromatic nitrogens is 1. The van der Waals surface area contributed by atoms with Crippen LogP contribution in [0.15, 0.2) is 53.7 Å². The maximum Gasteiger partial charge on any atom is 0.427 e. The fourth-order valence-electron chi connectivity index (χ4n) is 3.07. The molecule has 1 heterocycles. The summed E-state index contributed by atoms with van der Waals surface area (Å²) in [4.78, 5) is 42.0. The average Bonchev–Trinajstić information content (AvgIpc) is 2.80.